The van der Waals surface area contributed by atoms with Gasteiger partial charge in [0, 0.05) is 5.69 Å². The molecule has 0 spiro atoms. The highest BCUT2D eigenvalue weighted by Crippen LogP contribution is 2.37. The summed E-state index contributed by atoms with van der Waals surface area (Å²) in [6.07, 6.45) is 1.45. The largest absolute Gasteiger partial charge is 0.495 e. The molecule has 2 N–H and O–H groups in total. The second-order valence-electron chi connectivity index (χ2n) is 7.79. The Morgan fingerprint density at radius 1 is 1.03 bits per heavy atom. The summed E-state index contributed by atoms with van der Waals surface area (Å²) in [5, 5.41) is 15.1. The molecule has 0 aliphatic heterocycles. The first-order valence-corrected chi connectivity index (χ1v) is 12.2. The molecule has 0 aromatic heterocycles. The Morgan fingerprint density at radius 3 is 2.51 bits per heavy atom. The van der Waals surface area contributed by atoms with Crippen molar-refractivity contribution >= 4 is 45.2 Å². The van der Waals surface area contributed by atoms with Gasteiger partial charge in [-0.15, -0.1) is 0 Å². The van der Waals surface area contributed by atoms with Crippen LogP contribution in [0.4, 0.5) is 11.4 Å². The van der Waals surface area contributed by atoms with Gasteiger partial charge in [-0.3, -0.25) is 9.59 Å². The number of amides is 2. The van der Waals surface area contributed by atoms with Gasteiger partial charge >= 0.3 is 0 Å². The minimum absolute atomic E-state index is 0.0827. The third-order valence-corrected chi connectivity index (χ3v) is 5.60. The van der Waals surface area contributed by atoms with E-state index < -0.39 is 5.91 Å². The third-order valence-electron chi connectivity index (χ3n) is 5.01. The maximum Gasteiger partial charge on any atom is 0.266 e. The maximum absolute atomic E-state index is 12.7. The molecule has 0 aliphatic carbocycles. The van der Waals surface area contributed by atoms with E-state index in [2.05, 4.69) is 26.6 Å². The summed E-state index contributed by atoms with van der Waals surface area (Å²) in [5.41, 5.74) is 2.56. The van der Waals surface area contributed by atoms with Gasteiger partial charge in [0.2, 0.25) is 0 Å². The topological polar surface area (TPSA) is 110 Å². The van der Waals surface area contributed by atoms with Gasteiger partial charge in [0.1, 0.15) is 17.4 Å². The van der Waals surface area contributed by atoms with Crippen LogP contribution >= 0.6 is 15.9 Å². The van der Waals surface area contributed by atoms with Crippen molar-refractivity contribution in [3.8, 4) is 23.3 Å². The lowest BCUT2D eigenvalue weighted by molar-refractivity contribution is -0.118. The summed E-state index contributed by atoms with van der Waals surface area (Å²) in [7, 11) is 1.52. The number of carbonyl (C=O) groups excluding carboxylic acids is 2. The highest BCUT2D eigenvalue weighted by atomic mass is 79.9. The number of nitrogens with zero attached hydrogens (tertiary/aromatic N) is 1. The van der Waals surface area contributed by atoms with E-state index in [1.165, 1.54) is 13.2 Å². The number of ether oxygens (including phenoxy) is 3. The van der Waals surface area contributed by atoms with Crippen molar-refractivity contribution in [2.75, 3.05) is 31.0 Å². The molecule has 0 unspecified atom stereocenters. The van der Waals surface area contributed by atoms with Crippen LogP contribution in [-0.2, 0) is 9.59 Å². The molecule has 8 nitrogen and oxygen atoms in total. The van der Waals surface area contributed by atoms with Crippen LogP contribution in [0.2, 0.25) is 0 Å². The molecule has 0 aliphatic rings. The van der Waals surface area contributed by atoms with Gasteiger partial charge in [-0.1, -0.05) is 24.3 Å². The number of methoxy groups -OCH3 is 1. The summed E-state index contributed by atoms with van der Waals surface area (Å²) in [6, 6.07) is 19.6. The number of hydrogen-bond donors (Lipinski definition) is 2. The molecule has 0 radical (unpaired) electrons. The summed E-state index contributed by atoms with van der Waals surface area (Å²) in [4.78, 5) is 25.2. The van der Waals surface area contributed by atoms with Crippen LogP contribution in [0.15, 0.2) is 70.7 Å². The molecule has 0 bridgehead atoms. The Bertz CT molecular complexity index is 1360. The van der Waals surface area contributed by atoms with E-state index >= 15 is 0 Å². The molecule has 3 aromatic rings. The number of carbonyl (C=O) groups is 2. The fraction of sp³-hybridized carbons (Fsp3) is 0.179. The average Bonchev–Trinajstić information content (AvgIpc) is 2.87. The Hall–Kier alpha value is -4.29. The van der Waals surface area contributed by atoms with E-state index in [0.717, 1.165) is 5.56 Å². The van der Waals surface area contributed by atoms with Crippen LogP contribution in [0.1, 0.15) is 18.1 Å². The number of aryl methyl sites for hydroxylation is 1. The first-order chi connectivity index (χ1) is 17.8. The highest BCUT2D eigenvalue weighted by Gasteiger charge is 2.16. The van der Waals surface area contributed by atoms with E-state index in [4.69, 9.17) is 14.2 Å². The van der Waals surface area contributed by atoms with Crippen molar-refractivity contribution in [1.82, 2.24) is 0 Å². The lowest BCUT2D eigenvalue weighted by Crippen LogP contribution is -2.21. The van der Waals surface area contributed by atoms with Crippen LogP contribution in [0.3, 0.4) is 0 Å². The van der Waals surface area contributed by atoms with Gasteiger partial charge < -0.3 is 24.8 Å². The second-order valence-corrected chi connectivity index (χ2v) is 8.65. The predicted octanol–water partition coefficient (Wildman–Crippen LogP) is 5.73. The molecule has 0 saturated carbocycles. The van der Waals surface area contributed by atoms with Crippen molar-refractivity contribution in [1.29, 1.82) is 5.26 Å². The van der Waals surface area contributed by atoms with Gasteiger partial charge in [-0.25, -0.2) is 0 Å². The highest BCUT2D eigenvalue weighted by molar-refractivity contribution is 9.10. The van der Waals surface area contributed by atoms with Crippen LogP contribution in [0.5, 0.6) is 17.2 Å². The van der Waals surface area contributed by atoms with Gasteiger partial charge in [-0.05, 0) is 83.4 Å². The molecule has 9 heteroatoms. The van der Waals surface area contributed by atoms with Gasteiger partial charge in [-0.2, -0.15) is 5.26 Å². The molecule has 0 heterocycles. The monoisotopic (exact) mass is 563 g/mol. The van der Waals surface area contributed by atoms with Crippen LogP contribution in [-0.4, -0.2) is 32.1 Å². The smallest absolute Gasteiger partial charge is 0.266 e. The third kappa shape index (κ3) is 7.59. The molecule has 3 rings (SSSR count). The maximum atomic E-state index is 12.7. The van der Waals surface area contributed by atoms with Crippen molar-refractivity contribution in [2.45, 2.75) is 13.8 Å². The molecular formula is C28H26BrN3O5. The molecule has 3 aromatic carbocycles. The minimum Gasteiger partial charge on any atom is -0.495 e. The first-order valence-electron chi connectivity index (χ1n) is 11.4. The van der Waals surface area contributed by atoms with Gasteiger partial charge in [0.05, 0.1) is 23.9 Å². The normalized spacial score (nSPS) is 10.7. The number of nitrogens with one attached hydrogen (secondary N) is 2. The molecule has 0 saturated heterocycles. The minimum atomic E-state index is -0.532. The number of nitriles is 1. The Labute approximate surface area is 224 Å². The van der Waals surface area contributed by atoms with Crippen LogP contribution in [0.25, 0.3) is 6.08 Å². The predicted molar refractivity (Wildman–Crippen MR) is 146 cm³/mol. The van der Waals surface area contributed by atoms with Crippen LogP contribution in [0, 0.1) is 18.3 Å². The van der Waals surface area contributed by atoms with Crippen LogP contribution < -0.4 is 24.8 Å². The van der Waals surface area contributed by atoms with Crippen molar-refractivity contribution in [2.24, 2.45) is 0 Å². The standard InChI is InChI=1S/C28H26BrN3O5/c1-4-36-25-15-19(13-20(16-30)28(34)31-21-9-7-8-18(2)12-21)14-22(29)27(25)37-17-26(33)32-23-10-5-6-11-24(23)35-3/h5-15H,4,17H2,1-3H3,(H,31,34)(H,32,33)/b20-13+. The number of anilines is 2. The van der Waals surface area contributed by atoms with Gasteiger partial charge in [0.25, 0.3) is 11.8 Å². The molecule has 0 fully saturated rings. The van der Waals surface area contributed by atoms with E-state index in [1.54, 1.807) is 42.5 Å². The summed E-state index contributed by atoms with van der Waals surface area (Å²) < 4.78 is 17.2. The van der Waals surface area contributed by atoms with E-state index in [0.29, 0.717) is 45.3 Å². The number of rotatable bonds is 10. The molecule has 0 atom stereocenters. The SMILES string of the molecule is CCOc1cc(/C=C(\C#N)C(=O)Nc2cccc(C)c2)cc(Br)c1OCC(=O)Nc1ccccc1OC. The van der Waals surface area contributed by atoms with Crippen molar-refractivity contribution in [3.05, 3.63) is 81.8 Å². The number of benzene rings is 3. The lowest BCUT2D eigenvalue weighted by Gasteiger charge is -2.15. The second kappa shape index (κ2) is 13.1. The lowest BCUT2D eigenvalue weighted by atomic mass is 10.1. The molecule has 2 amide bonds. The number of hydrogen-bond acceptors (Lipinski definition) is 6. The van der Waals surface area contributed by atoms with E-state index in [1.807, 2.05) is 38.1 Å². The fourth-order valence-corrected chi connectivity index (χ4v) is 3.96. The zero-order valence-corrected chi connectivity index (χ0v) is 22.2. The van der Waals surface area contributed by atoms with Gasteiger partial charge in [0.15, 0.2) is 18.1 Å². The summed E-state index contributed by atoms with van der Waals surface area (Å²) >= 11 is 3.45. The summed E-state index contributed by atoms with van der Waals surface area (Å²) in [5.74, 6) is 0.280. The Morgan fingerprint density at radius 2 is 1.81 bits per heavy atom. The number of para-hydroxylation sites is 2. The molecule has 190 valence electrons. The first kappa shape index (κ1) is 27.3. The summed E-state index contributed by atoms with van der Waals surface area (Å²) in [6.45, 7) is 3.77. The zero-order valence-electron chi connectivity index (χ0n) is 20.6. The van der Waals surface area contributed by atoms with E-state index in [9.17, 15) is 14.9 Å². The quantitative estimate of drug-likeness (QED) is 0.241. The Kier molecular flexibility index (Phi) is 9.69. The Balaban J connectivity index is 1.78. The number of halogens is 1. The molecular weight excluding hydrogens is 538 g/mol. The zero-order chi connectivity index (χ0) is 26.8. The van der Waals surface area contributed by atoms with Crippen molar-refractivity contribution < 1.29 is 23.8 Å². The fourth-order valence-electron chi connectivity index (χ4n) is 3.38. The van der Waals surface area contributed by atoms with Crippen molar-refractivity contribution in [3.63, 3.8) is 0 Å². The average molecular weight is 564 g/mol. The molecule has 37 heavy (non-hydrogen) atoms. The van der Waals surface area contributed by atoms with E-state index in [-0.39, 0.29) is 18.1 Å².